The van der Waals surface area contributed by atoms with Crippen molar-refractivity contribution in [2.24, 2.45) is 5.73 Å². The van der Waals surface area contributed by atoms with Crippen LogP contribution in [0.25, 0.3) is 0 Å². The maximum absolute atomic E-state index is 5.51. The summed E-state index contributed by atoms with van der Waals surface area (Å²) in [5.41, 5.74) is 5.51. The average molecular weight is 156 g/mol. The zero-order valence-corrected chi connectivity index (χ0v) is 7.55. The van der Waals surface area contributed by atoms with Crippen LogP contribution in [-0.2, 0) is 0 Å². The first-order valence-corrected chi connectivity index (χ1v) is 4.78. The topological polar surface area (TPSA) is 29.3 Å². The van der Waals surface area contributed by atoms with Crippen molar-refractivity contribution < 1.29 is 0 Å². The lowest BCUT2D eigenvalue weighted by molar-refractivity contribution is 0.168. The summed E-state index contributed by atoms with van der Waals surface area (Å²) in [5.74, 6) is 0. The molecule has 1 aliphatic rings. The standard InChI is InChI=1S/C9H20N2/c1-9(5-6-10)11-7-3-2-4-8-11/h9H,2-8,10H2,1H3/t9-/m0/s1. The van der Waals surface area contributed by atoms with Crippen LogP contribution in [0.5, 0.6) is 0 Å². The second-order valence-corrected chi connectivity index (χ2v) is 3.52. The van der Waals surface area contributed by atoms with Gasteiger partial charge in [0.05, 0.1) is 0 Å². The lowest BCUT2D eigenvalue weighted by atomic mass is 10.1. The smallest absolute Gasteiger partial charge is 0.00789 e. The fourth-order valence-corrected chi connectivity index (χ4v) is 1.78. The van der Waals surface area contributed by atoms with E-state index in [1.807, 2.05) is 0 Å². The first-order chi connectivity index (χ1) is 5.34. The third kappa shape index (κ3) is 2.80. The highest BCUT2D eigenvalue weighted by Gasteiger charge is 2.14. The Kier molecular flexibility index (Phi) is 3.87. The second-order valence-electron chi connectivity index (χ2n) is 3.52. The van der Waals surface area contributed by atoms with Gasteiger partial charge in [0.15, 0.2) is 0 Å². The Labute approximate surface area is 69.8 Å². The molecule has 0 spiro atoms. The molecule has 1 atom stereocenters. The molecule has 1 fully saturated rings. The van der Waals surface area contributed by atoms with Crippen molar-refractivity contribution >= 4 is 0 Å². The van der Waals surface area contributed by atoms with Crippen molar-refractivity contribution in [1.29, 1.82) is 0 Å². The number of hydrogen-bond donors (Lipinski definition) is 1. The van der Waals surface area contributed by atoms with Crippen LogP contribution in [0.1, 0.15) is 32.6 Å². The molecule has 0 aromatic carbocycles. The van der Waals surface area contributed by atoms with Gasteiger partial charge in [0, 0.05) is 6.04 Å². The van der Waals surface area contributed by atoms with Crippen LogP contribution in [0.4, 0.5) is 0 Å². The van der Waals surface area contributed by atoms with Gasteiger partial charge >= 0.3 is 0 Å². The molecule has 1 rings (SSSR count). The third-order valence-electron chi connectivity index (χ3n) is 2.60. The zero-order chi connectivity index (χ0) is 8.10. The number of nitrogens with zero attached hydrogens (tertiary/aromatic N) is 1. The molecule has 0 aromatic heterocycles. The monoisotopic (exact) mass is 156 g/mol. The molecule has 0 radical (unpaired) electrons. The minimum Gasteiger partial charge on any atom is -0.330 e. The molecular formula is C9H20N2. The Balaban J connectivity index is 2.21. The van der Waals surface area contributed by atoms with E-state index in [-0.39, 0.29) is 0 Å². The van der Waals surface area contributed by atoms with Crippen LogP contribution >= 0.6 is 0 Å². The van der Waals surface area contributed by atoms with E-state index in [4.69, 9.17) is 5.73 Å². The Bertz CT molecular complexity index is 97.7. The zero-order valence-electron chi connectivity index (χ0n) is 7.55. The van der Waals surface area contributed by atoms with Crippen LogP contribution < -0.4 is 5.73 Å². The molecular weight excluding hydrogens is 136 g/mol. The number of piperidine rings is 1. The van der Waals surface area contributed by atoms with Gasteiger partial charge in [0.1, 0.15) is 0 Å². The number of nitrogens with two attached hydrogens (primary N) is 1. The van der Waals surface area contributed by atoms with Gasteiger partial charge in [0.2, 0.25) is 0 Å². The molecule has 2 heteroatoms. The molecule has 2 N–H and O–H groups in total. The van der Waals surface area contributed by atoms with Gasteiger partial charge in [0.25, 0.3) is 0 Å². The van der Waals surface area contributed by atoms with Gasteiger partial charge in [-0.1, -0.05) is 6.42 Å². The van der Waals surface area contributed by atoms with E-state index in [0.717, 1.165) is 13.0 Å². The number of rotatable bonds is 3. The molecule has 1 heterocycles. The summed E-state index contributed by atoms with van der Waals surface area (Å²) in [5, 5.41) is 0. The molecule has 0 unspecified atom stereocenters. The van der Waals surface area contributed by atoms with Gasteiger partial charge in [-0.2, -0.15) is 0 Å². The highest BCUT2D eigenvalue weighted by molar-refractivity contribution is 4.71. The maximum Gasteiger partial charge on any atom is 0.00789 e. The van der Waals surface area contributed by atoms with E-state index in [1.165, 1.54) is 32.4 Å². The van der Waals surface area contributed by atoms with Crippen molar-refractivity contribution in [2.75, 3.05) is 19.6 Å². The summed E-state index contributed by atoms with van der Waals surface area (Å²) in [6.45, 7) is 5.71. The van der Waals surface area contributed by atoms with Gasteiger partial charge in [-0.25, -0.2) is 0 Å². The number of likely N-dealkylation sites (tertiary alicyclic amines) is 1. The molecule has 0 aliphatic carbocycles. The predicted octanol–water partition coefficient (Wildman–Crippen LogP) is 1.21. The molecule has 0 bridgehead atoms. The van der Waals surface area contributed by atoms with Crippen LogP contribution in [-0.4, -0.2) is 30.6 Å². The Morgan fingerprint density at radius 2 is 1.91 bits per heavy atom. The quantitative estimate of drug-likeness (QED) is 0.665. The SMILES string of the molecule is C[C@@H](CCN)N1CCCCC1. The van der Waals surface area contributed by atoms with Crippen LogP contribution in [0, 0.1) is 0 Å². The van der Waals surface area contributed by atoms with Crippen molar-refractivity contribution in [2.45, 2.75) is 38.6 Å². The Morgan fingerprint density at radius 3 is 2.45 bits per heavy atom. The van der Waals surface area contributed by atoms with Crippen molar-refractivity contribution in [3.8, 4) is 0 Å². The minimum atomic E-state index is 0.709. The molecule has 0 aromatic rings. The van der Waals surface area contributed by atoms with Crippen molar-refractivity contribution in [3.63, 3.8) is 0 Å². The largest absolute Gasteiger partial charge is 0.330 e. The summed E-state index contributed by atoms with van der Waals surface area (Å²) in [4.78, 5) is 2.57. The van der Waals surface area contributed by atoms with Crippen molar-refractivity contribution in [1.82, 2.24) is 4.90 Å². The molecule has 1 aliphatic heterocycles. The molecule has 66 valence electrons. The van der Waals surface area contributed by atoms with E-state index >= 15 is 0 Å². The summed E-state index contributed by atoms with van der Waals surface area (Å²) in [6, 6.07) is 0.709. The van der Waals surface area contributed by atoms with Gasteiger partial charge in [-0.3, -0.25) is 0 Å². The fraction of sp³-hybridized carbons (Fsp3) is 1.00. The molecule has 2 nitrogen and oxygen atoms in total. The summed E-state index contributed by atoms with van der Waals surface area (Å²) >= 11 is 0. The first-order valence-electron chi connectivity index (χ1n) is 4.78. The van der Waals surface area contributed by atoms with E-state index in [0.29, 0.717) is 6.04 Å². The van der Waals surface area contributed by atoms with Gasteiger partial charge < -0.3 is 10.6 Å². The lowest BCUT2D eigenvalue weighted by Crippen LogP contribution is -2.38. The van der Waals surface area contributed by atoms with Crippen LogP contribution in [0.3, 0.4) is 0 Å². The van der Waals surface area contributed by atoms with Crippen LogP contribution in [0.15, 0.2) is 0 Å². The van der Waals surface area contributed by atoms with E-state index in [9.17, 15) is 0 Å². The molecule has 1 saturated heterocycles. The molecule has 0 saturated carbocycles. The summed E-state index contributed by atoms with van der Waals surface area (Å²) < 4.78 is 0. The van der Waals surface area contributed by atoms with E-state index in [2.05, 4.69) is 11.8 Å². The van der Waals surface area contributed by atoms with Gasteiger partial charge in [-0.15, -0.1) is 0 Å². The van der Waals surface area contributed by atoms with Crippen molar-refractivity contribution in [3.05, 3.63) is 0 Å². The highest BCUT2D eigenvalue weighted by Crippen LogP contribution is 2.12. The minimum absolute atomic E-state index is 0.709. The third-order valence-corrected chi connectivity index (χ3v) is 2.60. The molecule has 0 amide bonds. The molecule has 11 heavy (non-hydrogen) atoms. The number of hydrogen-bond acceptors (Lipinski definition) is 2. The first kappa shape index (κ1) is 9.01. The fourth-order valence-electron chi connectivity index (χ4n) is 1.78. The highest BCUT2D eigenvalue weighted by atomic mass is 15.1. The van der Waals surface area contributed by atoms with Gasteiger partial charge in [-0.05, 0) is 45.8 Å². The second kappa shape index (κ2) is 4.73. The Hall–Kier alpha value is -0.0800. The van der Waals surface area contributed by atoms with E-state index in [1.54, 1.807) is 0 Å². The predicted molar refractivity (Wildman–Crippen MR) is 48.6 cm³/mol. The van der Waals surface area contributed by atoms with Crippen LogP contribution in [0.2, 0.25) is 0 Å². The summed E-state index contributed by atoms with van der Waals surface area (Å²) in [7, 11) is 0. The lowest BCUT2D eigenvalue weighted by Gasteiger charge is -2.32. The normalized spacial score (nSPS) is 23.5. The average Bonchev–Trinajstić information content (AvgIpc) is 2.07. The van der Waals surface area contributed by atoms with E-state index < -0.39 is 0 Å². The maximum atomic E-state index is 5.51. The Morgan fingerprint density at radius 1 is 1.27 bits per heavy atom. The summed E-state index contributed by atoms with van der Waals surface area (Å²) in [6.07, 6.45) is 5.34.